The summed E-state index contributed by atoms with van der Waals surface area (Å²) in [5.41, 5.74) is 0. The minimum atomic E-state index is -4.97. The summed E-state index contributed by atoms with van der Waals surface area (Å²) < 4.78 is 68.4. The lowest BCUT2D eigenvalue weighted by atomic mass is 10.0. The lowest BCUT2D eigenvalue weighted by molar-refractivity contribution is -0.161. The van der Waals surface area contributed by atoms with Crippen LogP contribution in [0.15, 0.2) is 24.3 Å². The van der Waals surface area contributed by atoms with Crippen molar-refractivity contribution >= 4 is 39.5 Å². The summed E-state index contributed by atoms with van der Waals surface area (Å²) in [7, 11) is -9.92. The average Bonchev–Trinajstić information content (AvgIpc) is 1.68. The van der Waals surface area contributed by atoms with Crippen molar-refractivity contribution in [3.05, 3.63) is 24.3 Å². The van der Waals surface area contributed by atoms with E-state index in [2.05, 4.69) is 72.8 Å². The zero-order chi connectivity index (χ0) is 70.9. The summed E-state index contributed by atoms with van der Waals surface area (Å²) in [6, 6.07) is 0. The molecule has 0 aliphatic heterocycles. The van der Waals surface area contributed by atoms with Crippen LogP contribution in [0.5, 0.6) is 0 Å². The Morgan fingerprint density at radius 3 is 0.844 bits per heavy atom. The van der Waals surface area contributed by atoms with E-state index in [1.807, 2.05) is 0 Å². The molecule has 0 aromatic rings. The fourth-order valence-electron chi connectivity index (χ4n) is 11.2. The molecule has 5 atom stereocenters. The van der Waals surface area contributed by atoms with Crippen molar-refractivity contribution in [2.45, 2.75) is 388 Å². The maximum atomic E-state index is 13.1. The quantitative estimate of drug-likeness (QED) is 0.0169. The van der Waals surface area contributed by atoms with Crippen molar-refractivity contribution in [1.82, 2.24) is 0 Å². The Morgan fingerprint density at radius 2 is 0.562 bits per heavy atom. The van der Waals surface area contributed by atoms with E-state index in [1.165, 1.54) is 161 Å². The summed E-state index contributed by atoms with van der Waals surface area (Å²) >= 11 is 0. The number of aliphatic hydroxyl groups excluding tert-OH is 1. The fourth-order valence-corrected chi connectivity index (χ4v) is 12.8. The molecule has 0 saturated carbocycles. The van der Waals surface area contributed by atoms with Crippen molar-refractivity contribution in [2.75, 3.05) is 39.6 Å². The number of aliphatic hydroxyl groups is 1. The molecule has 0 heterocycles. The number of phosphoric ester groups is 2. The van der Waals surface area contributed by atoms with Crippen LogP contribution in [0.25, 0.3) is 0 Å². The van der Waals surface area contributed by atoms with Gasteiger partial charge in [0, 0.05) is 25.7 Å². The summed E-state index contributed by atoms with van der Waals surface area (Å²) in [5.74, 6) is 0.0634. The van der Waals surface area contributed by atoms with Crippen molar-refractivity contribution in [1.29, 1.82) is 0 Å². The lowest BCUT2D eigenvalue weighted by Gasteiger charge is -2.21. The Hall–Kier alpha value is -2.46. The number of hydrogen-bond acceptors (Lipinski definition) is 15. The zero-order valence-corrected chi connectivity index (χ0v) is 64.1. The van der Waals surface area contributed by atoms with Crippen molar-refractivity contribution in [3.8, 4) is 0 Å². The molecule has 19 heteroatoms. The van der Waals surface area contributed by atoms with E-state index in [4.69, 9.17) is 37.0 Å². The molecular weight excluding hydrogens is 1260 g/mol. The van der Waals surface area contributed by atoms with Crippen LogP contribution in [0.2, 0.25) is 0 Å². The number of hydrogen-bond donors (Lipinski definition) is 3. The smallest absolute Gasteiger partial charge is 0.462 e. The Bertz CT molecular complexity index is 1960. The van der Waals surface area contributed by atoms with Crippen LogP contribution in [-0.4, -0.2) is 96.7 Å². The molecule has 17 nitrogen and oxygen atoms in total. The van der Waals surface area contributed by atoms with Crippen LogP contribution in [-0.2, 0) is 65.4 Å². The minimum absolute atomic E-state index is 0.0850. The van der Waals surface area contributed by atoms with Gasteiger partial charge in [-0.3, -0.25) is 37.3 Å². The van der Waals surface area contributed by atoms with E-state index in [0.29, 0.717) is 37.5 Å². The topological polar surface area (TPSA) is 237 Å². The molecule has 96 heavy (non-hydrogen) atoms. The van der Waals surface area contributed by atoms with E-state index < -0.39 is 97.5 Å². The Balaban J connectivity index is 5.21. The van der Waals surface area contributed by atoms with Gasteiger partial charge in [-0.05, 0) is 69.1 Å². The summed E-state index contributed by atoms with van der Waals surface area (Å²) in [4.78, 5) is 72.7. The van der Waals surface area contributed by atoms with Gasteiger partial charge in [-0.15, -0.1) is 0 Å². The van der Waals surface area contributed by atoms with Gasteiger partial charge in [-0.1, -0.05) is 317 Å². The first kappa shape index (κ1) is 93.5. The maximum absolute atomic E-state index is 13.1. The average molecular weight is 1410 g/mol. The molecule has 0 aliphatic carbocycles. The highest BCUT2D eigenvalue weighted by Crippen LogP contribution is 2.45. The van der Waals surface area contributed by atoms with Crippen LogP contribution in [0.1, 0.15) is 370 Å². The zero-order valence-electron chi connectivity index (χ0n) is 62.3. The number of unbranched alkanes of at least 4 members (excludes halogenated alkanes) is 38. The Labute approximate surface area is 586 Å². The molecule has 3 N–H and O–H groups in total. The van der Waals surface area contributed by atoms with Crippen molar-refractivity contribution in [3.63, 3.8) is 0 Å². The van der Waals surface area contributed by atoms with E-state index in [-0.39, 0.29) is 25.7 Å². The van der Waals surface area contributed by atoms with Crippen LogP contribution in [0, 0.1) is 17.8 Å². The van der Waals surface area contributed by atoms with Crippen LogP contribution in [0.3, 0.4) is 0 Å². The molecule has 0 amide bonds. The maximum Gasteiger partial charge on any atom is 0.472 e. The molecule has 0 saturated heterocycles. The molecule has 566 valence electrons. The molecule has 0 rings (SSSR count). The number of rotatable bonds is 73. The fraction of sp³-hybridized carbons (Fsp3) is 0.896. The second-order valence-corrected chi connectivity index (χ2v) is 31.4. The van der Waals surface area contributed by atoms with E-state index in [1.54, 1.807) is 0 Å². The van der Waals surface area contributed by atoms with Crippen LogP contribution in [0.4, 0.5) is 0 Å². The molecule has 0 aromatic carbocycles. The van der Waals surface area contributed by atoms with E-state index in [9.17, 15) is 43.2 Å². The van der Waals surface area contributed by atoms with Gasteiger partial charge in [0.2, 0.25) is 0 Å². The third kappa shape index (κ3) is 70.0. The van der Waals surface area contributed by atoms with Crippen molar-refractivity contribution in [2.24, 2.45) is 17.8 Å². The summed E-state index contributed by atoms with van der Waals surface area (Å²) in [6.07, 6.45) is 56.7. The first-order valence-electron chi connectivity index (χ1n) is 39.2. The van der Waals surface area contributed by atoms with Gasteiger partial charge in [0.25, 0.3) is 0 Å². The van der Waals surface area contributed by atoms with Gasteiger partial charge in [-0.2, -0.15) is 0 Å². The third-order valence-electron chi connectivity index (χ3n) is 17.3. The highest BCUT2D eigenvalue weighted by Gasteiger charge is 2.30. The Kier molecular flexibility index (Phi) is 65.3. The SMILES string of the molecule is CCCCCC/C=C\C=C/CCCCCCCC(=O)O[C@H](COC(=O)CCCCCCCCCCCCCCCCCCCCC(C)C)COP(=O)(O)OC[C@@H](O)COP(=O)(O)OC[C@@H](COC(=O)CCCCCCCCC(C)C)OC(=O)CCCCCCCCCCC(C)C. The van der Waals surface area contributed by atoms with Gasteiger partial charge in [-0.25, -0.2) is 9.13 Å². The molecule has 0 radical (unpaired) electrons. The summed E-state index contributed by atoms with van der Waals surface area (Å²) in [6.45, 7) is 11.7. The largest absolute Gasteiger partial charge is 0.472 e. The molecule has 0 aromatic heterocycles. The van der Waals surface area contributed by atoms with E-state index >= 15 is 0 Å². The molecule has 2 unspecified atom stereocenters. The number of carbonyl (C=O) groups is 4. The summed E-state index contributed by atoms with van der Waals surface area (Å²) in [5, 5.41) is 10.6. The van der Waals surface area contributed by atoms with Crippen LogP contribution >= 0.6 is 15.6 Å². The lowest BCUT2D eigenvalue weighted by Crippen LogP contribution is -2.30. The normalized spacial score (nSPS) is 14.2. The van der Waals surface area contributed by atoms with Gasteiger partial charge >= 0.3 is 39.5 Å². The number of carbonyl (C=O) groups excluding carboxylic acids is 4. The molecule has 0 bridgehead atoms. The highest BCUT2D eigenvalue weighted by molar-refractivity contribution is 7.47. The monoisotopic (exact) mass is 1410 g/mol. The minimum Gasteiger partial charge on any atom is -0.462 e. The number of esters is 4. The predicted molar refractivity (Wildman–Crippen MR) is 390 cm³/mol. The van der Waals surface area contributed by atoms with Gasteiger partial charge in [0.15, 0.2) is 12.2 Å². The molecule has 0 aliphatic rings. The number of ether oxygens (including phenoxy) is 4. The van der Waals surface area contributed by atoms with Crippen molar-refractivity contribution < 1.29 is 80.2 Å². The predicted octanol–water partition coefficient (Wildman–Crippen LogP) is 22.1. The first-order chi connectivity index (χ1) is 46.2. The number of phosphoric acid groups is 2. The van der Waals surface area contributed by atoms with Gasteiger partial charge in [0.05, 0.1) is 26.4 Å². The number of allylic oxidation sites excluding steroid dienone is 4. The van der Waals surface area contributed by atoms with Crippen LogP contribution < -0.4 is 0 Å². The standard InChI is InChI=1S/C77H146O17P2/c1-8-9-10-11-12-13-14-15-20-25-28-31-37-46-53-60-76(81)93-72(64-87-74(79)58-51-44-36-30-27-24-22-19-17-16-18-21-23-26-29-34-41-48-55-68(2)3)66-91-95(83,84)89-62-71(78)63-90-96(85,86)92-67-73(65-88-75(80)59-52-45-40-39-43-50-57-70(6)7)94-77(82)61-54-47-38-33-32-35-42-49-56-69(4)5/h13-15,20,68-73,78H,8-12,16-19,21-67H2,1-7H3,(H,83,84)(H,85,86)/b14-13-,20-15-/t71-,72-,73-/m1/s1. The van der Waals surface area contributed by atoms with Gasteiger partial charge < -0.3 is 33.8 Å². The first-order valence-corrected chi connectivity index (χ1v) is 42.2. The van der Waals surface area contributed by atoms with Gasteiger partial charge in [0.1, 0.15) is 19.3 Å². The third-order valence-corrected chi connectivity index (χ3v) is 19.2. The van der Waals surface area contributed by atoms with E-state index in [0.717, 1.165) is 115 Å². The Morgan fingerprint density at radius 1 is 0.323 bits per heavy atom. The molecule has 0 fully saturated rings. The second-order valence-electron chi connectivity index (χ2n) is 28.5. The highest BCUT2D eigenvalue weighted by atomic mass is 31.2. The molecular formula is C77H146O17P2. The second kappa shape index (κ2) is 67.1. The molecule has 0 spiro atoms.